The van der Waals surface area contributed by atoms with Crippen LogP contribution in [0, 0.1) is 11.8 Å². The summed E-state index contributed by atoms with van der Waals surface area (Å²) < 4.78 is 12.4. The second kappa shape index (κ2) is 11.8. The topological polar surface area (TPSA) is 125 Å². The predicted molar refractivity (Wildman–Crippen MR) is 143 cm³/mol. The molecule has 1 spiro atoms. The van der Waals surface area contributed by atoms with Crippen molar-refractivity contribution in [3.63, 3.8) is 0 Å². The Bertz CT molecular complexity index is 1020. The Morgan fingerprint density at radius 1 is 1.08 bits per heavy atom. The molecule has 0 bridgehead atoms. The minimum Gasteiger partial charge on any atom is -0.460 e. The number of nitrogens with one attached hydrogen (secondary N) is 1. The Morgan fingerprint density at radius 2 is 1.82 bits per heavy atom. The maximum absolute atomic E-state index is 14.2. The number of carbonyl (C=O) groups excluding carboxylic acids is 4. The largest absolute Gasteiger partial charge is 0.460 e. The van der Waals surface area contributed by atoms with Crippen LogP contribution in [-0.2, 0) is 28.7 Å². The molecule has 0 aromatic rings. The summed E-state index contributed by atoms with van der Waals surface area (Å²) in [4.78, 5) is 57.5. The molecule has 10 nitrogen and oxygen atoms in total. The van der Waals surface area contributed by atoms with Crippen LogP contribution in [0.25, 0.3) is 0 Å². The molecule has 2 fully saturated rings. The van der Waals surface area contributed by atoms with Gasteiger partial charge in [0.05, 0.1) is 18.6 Å². The predicted octanol–water partition coefficient (Wildman–Crippen LogP) is 1.71. The first-order valence-corrected chi connectivity index (χ1v) is 14.2. The van der Waals surface area contributed by atoms with Crippen LogP contribution in [0.5, 0.6) is 0 Å². The summed E-state index contributed by atoms with van der Waals surface area (Å²) in [6.45, 7) is 8.62. The molecule has 4 aliphatic rings. The number of amides is 3. The van der Waals surface area contributed by atoms with Gasteiger partial charge in [-0.15, -0.1) is 0 Å². The molecular formula is C29H43N3O7. The summed E-state index contributed by atoms with van der Waals surface area (Å²) in [5, 5.41) is 11.9. The van der Waals surface area contributed by atoms with E-state index in [0.717, 1.165) is 12.8 Å². The van der Waals surface area contributed by atoms with E-state index in [0.29, 0.717) is 32.4 Å². The van der Waals surface area contributed by atoms with Crippen molar-refractivity contribution in [3.05, 3.63) is 24.3 Å². The van der Waals surface area contributed by atoms with Gasteiger partial charge >= 0.3 is 5.97 Å². The lowest BCUT2D eigenvalue weighted by Gasteiger charge is -2.40. The Labute approximate surface area is 230 Å². The average molecular weight is 546 g/mol. The van der Waals surface area contributed by atoms with Crippen molar-refractivity contribution in [2.45, 2.75) is 95.6 Å². The van der Waals surface area contributed by atoms with Gasteiger partial charge in [0.2, 0.25) is 17.7 Å². The first kappa shape index (κ1) is 29.3. The Morgan fingerprint density at radius 3 is 2.54 bits per heavy atom. The number of hydrogen-bond acceptors (Lipinski definition) is 7. The number of ether oxygens (including phenoxy) is 2. The van der Waals surface area contributed by atoms with Crippen molar-refractivity contribution in [1.82, 2.24) is 15.1 Å². The number of unbranched alkanes of at least 4 members (excludes halogenated alkanes) is 3. The van der Waals surface area contributed by atoms with Gasteiger partial charge in [0.15, 0.2) is 0 Å². The lowest BCUT2D eigenvalue weighted by atomic mass is 9.77. The molecule has 39 heavy (non-hydrogen) atoms. The van der Waals surface area contributed by atoms with Crippen LogP contribution >= 0.6 is 0 Å². The number of nitrogens with zero attached hydrogens (tertiary/aromatic N) is 2. The van der Waals surface area contributed by atoms with Crippen molar-refractivity contribution < 1.29 is 33.8 Å². The van der Waals surface area contributed by atoms with E-state index in [-0.39, 0.29) is 37.3 Å². The highest BCUT2D eigenvalue weighted by atomic mass is 16.6. The van der Waals surface area contributed by atoms with Gasteiger partial charge in [-0.2, -0.15) is 0 Å². The lowest BCUT2D eigenvalue weighted by molar-refractivity contribution is -0.159. The van der Waals surface area contributed by atoms with Crippen molar-refractivity contribution in [2.75, 3.05) is 26.2 Å². The zero-order valence-electron chi connectivity index (χ0n) is 23.6. The molecule has 0 unspecified atom stereocenters. The van der Waals surface area contributed by atoms with E-state index in [1.807, 2.05) is 32.9 Å². The van der Waals surface area contributed by atoms with Crippen molar-refractivity contribution in [2.24, 2.45) is 11.8 Å². The number of aliphatic hydroxyl groups is 1. The minimum atomic E-state index is -1.31. The Hall–Kier alpha value is -2.72. The zero-order chi connectivity index (χ0) is 28.4. The van der Waals surface area contributed by atoms with Gasteiger partial charge in [-0.25, -0.2) is 0 Å². The number of likely N-dealkylation sites (tertiary alicyclic amines) is 1. The number of carbonyl (C=O) groups is 4. The molecule has 4 heterocycles. The second-order valence-electron chi connectivity index (χ2n) is 12.1. The van der Waals surface area contributed by atoms with Crippen LogP contribution in [0.4, 0.5) is 0 Å². The third-order valence-electron chi connectivity index (χ3n) is 8.15. The summed E-state index contributed by atoms with van der Waals surface area (Å²) in [5.41, 5.74) is -1.79. The number of cyclic esters (lactones) is 1. The average Bonchev–Trinajstić information content (AvgIpc) is 3.24. The summed E-state index contributed by atoms with van der Waals surface area (Å²) in [6, 6.07) is -0.907. The van der Waals surface area contributed by atoms with Gasteiger partial charge < -0.3 is 29.7 Å². The van der Waals surface area contributed by atoms with Crippen molar-refractivity contribution in [1.29, 1.82) is 0 Å². The second-order valence-corrected chi connectivity index (χ2v) is 12.1. The molecule has 10 heteroatoms. The first-order chi connectivity index (χ1) is 18.5. The summed E-state index contributed by atoms with van der Waals surface area (Å²) in [6.07, 6.45) is 9.64. The van der Waals surface area contributed by atoms with E-state index in [2.05, 4.69) is 5.32 Å². The fourth-order valence-corrected chi connectivity index (χ4v) is 6.25. The minimum absolute atomic E-state index is 0.120. The Kier molecular flexibility index (Phi) is 8.85. The molecule has 0 radical (unpaired) electrons. The summed E-state index contributed by atoms with van der Waals surface area (Å²) in [5.74, 6) is -3.01. The van der Waals surface area contributed by atoms with E-state index >= 15 is 0 Å². The SMILES string of the molecule is C[C@@H]1CNC(=O)CC/C=C\[C@H]2O[C@]34C=CCN(C(C)(C)C)C(=O)[C@H]3N(CCCCCCO)C(=O)[C@@H]4[C@H]2C(=O)O1. The molecule has 216 valence electrons. The number of esters is 1. The number of aliphatic hydroxyl groups excluding tert-OH is 1. The fraction of sp³-hybridized carbons (Fsp3) is 0.724. The van der Waals surface area contributed by atoms with Crippen LogP contribution in [0.2, 0.25) is 0 Å². The third kappa shape index (κ3) is 5.77. The highest BCUT2D eigenvalue weighted by molar-refractivity contribution is 5.99. The standard InChI is InChI=1S/C29H43N3O7/c1-19-18-30-21(34)13-8-7-12-20-22(27(37)38-19)23-25(35)31(15-9-5-6-10-17-33)24-26(36)32(28(2,3)4)16-11-14-29(23,24)39-20/h7,11-12,14,19-20,22-24,33H,5-6,8-10,13,15-18H2,1-4H3,(H,30,34)/b12-7-/t19-,20-,22+,23+,24-,29+/m1/s1. The highest BCUT2D eigenvalue weighted by Gasteiger charge is 2.72. The first-order valence-electron chi connectivity index (χ1n) is 14.2. The van der Waals surface area contributed by atoms with Gasteiger partial charge in [0.25, 0.3) is 0 Å². The quantitative estimate of drug-likeness (QED) is 0.296. The smallest absolute Gasteiger partial charge is 0.313 e. The number of fused-ring (bicyclic) bond motifs is 2. The number of rotatable bonds is 6. The molecule has 4 rings (SSSR count). The highest BCUT2D eigenvalue weighted by Crippen LogP contribution is 2.53. The van der Waals surface area contributed by atoms with E-state index in [4.69, 9.17) is 14.6 Å². The number of hydrogen-bond donors (Lipinski definition) is 2. The monoisotopic (exact) mass is 545 g/mol. The molecule has 4 aliphatic heterocycles. The summed E-state index contributed by atoms with van der Waals surface area (Å²) >= 11 is 0. The molecule has 0 aromatic heterocycles. The van der Waals surface area contributed by atoms with Crippen LogP contribution in [0.3, 0.4) is 0 Å². The van der Waals surface area contributed by atoms with Gasteiger partial charge in [-0.1, -0.05) is 37.1 Å². The van der Waals surface area contributed by atoms with E-state index < -0.39 is 47.2 Å². The molecule has 2 N–H and O–H groups in total. The van der Waals surface area contributed by atoms with E-state index in [9.17, 15) is 19.2 Å². The molecule has 2 saturated heterocycles. The van der Waals surface area contributed by atoms with Crippen LogP contribution in [-0.4, -0.2) is 94.2 Å². The van der Waals surface area contributed by atoms with E-state index in [1.54, 1.807) is 28.9 Å². The van der Waals surface area contributed by atoms with Gasteiger partial charge in [0, 0.05) is 31.7 Å². The molecule has 0 saturated carbocycles. The lowest BCUT2D eigenvalue weighted by Crippen LogP contribution is -2.58. The zero-order valence-corrected chi connectivity index (χ0v) is 23.6. The molecule has 0 aliphatic carbocycles. The fourth-order valence-electron chi connectivity index (χ4n) is 6.25. The maximum atomic E-state index is 14.2. The molecular weight excluding hydrogens is 502 g/mol. The van der Waals surface area contributed by atoms with Gasteiger partial charge in [-0.3, -0.25) is 19.2 Å². The van der Waals surface area contributed by atoms with Crippen LogP contribution in [0.1, 0.15) is 66.2 Å². The van der Waals surface area contributed by atoms with E-state index in [1.165, 1.54) is 0 Å². The molecule has 6 atom stereocenters. The maximum Gasteiger partial charge on any atom is 0.313 e. The molecule has 3 amide bonds. The van der Waals surface area contributed by atoms with Gasteiger partial charge in [-0.05, 0) is 47.0 Å². The normalized spacial score (nSPS) is 34.3. The number of allylic oxidation sites excluding steroid dienone is 1. The van der Waals surface area contributed by atoms with Crippen LogP contribution < -0.4 is 5.32 Å². The van der Waals surface area contributed by atoms with Crippen molar-refractivity contribution in [3.8, 4) is 0 Å². The molecule has 0 aromatic carbocycles. The van der Waals surface area contributed by atoms with Crippen LogP contribution in [0.15, 0.2) is 24.3 Å². The Balaban J connectivity index is 1.74. The van der Waals surface area contributed by atoms with Gasteiger partial charge in [0.1, 0.15) is 23.7 Å². The summed E-state index contributed by atoms with van der Waals surface area (Å²) in [7, 11) is 0. The third-order valence-corrected chi connectivity index (χ3v) is 8.15. The van der Waals surface area contributed by atoms with Crippen molar-refractivity contribution >= 4 is 23.7 Å².